The number of nitrogens with one attached hydrogen (secondary N) is 1. The Labute approximate surface area is 123 Å². The summed E-state index contributed by atoms with van der Waals surface area (Å²) in [4.78, 5) is 11.5. The van der Waals surface area contributed by atoms with Gasteiger partial charge in [-0.05, 0) is 27.5 Å². The van der Waals surface area contributed by atoms with E-state index in [0.29, 0.717) is 0 Å². The molecule has 0 saturated heterocycles. The minimum absolute atomic E-state index is 0.187. The number of carbonyl (C=O) groups is 1. The first-order chi connectivity index (χ1) is 10.3. The van der Waals surface area contributed by atoms with Crippen molar-refractivity contribution in [3.63, 3.8) is 0 Å². The van der Waals surface area contributed by atoms with Gasteiger partial charge in [0, 0.05) is 0 Å². The average Bonchev–Trinajstić information content (AvgIpc) is 2.56. The van der Waals surface area contributed by atoms with Crippen molar-refractivity contribution in [1.82, 2.24) is 5.43 Å². The number of amides is 1. The lowest BCUT2D eigenvalue weighted by molar-refractivity contribution is -0.120. The van der Waals surface area contributed by atoms with E-state index in [1.54, 1.807) is 0 Å². The van der Waals surface area contributed by atoms with E-state index in [9.17, 15) is 4.79 Å². The lowest BCUT2D eigenvalue weighted by Gasteiger charge is -2.11. The van der Waals surface area contributed by atoms with Crippen LogP contribution in [0.5, 0.6) is 0 Å². The van der Waals surface area contributed by atoms with Crippen LogP contribution in [-0.4, -0.2) is 5.91 Å². The molecule has 0 saturated carbocycles. The van der Waals surface area contributed by atoms with E-state index >= 15 is 0 Å². The second kappa shape index (κ2) is 5.77. The predicted octanol–water partition coefficient (Wildman–Crippen LogP) is 3.04. The maximum atomic E-state index is 11.5. The first kappa shape index (κ1) is 13.3. The number of hydrogen-bond donors (Lipinski definition) is 2. The molecule has 0 fully saturated rings. The largest absolute Gasteiger partial charge is 0.294 e. The van der Waals surface area contributed by atoms with Gasteiger partial charge in [-0.2, -0.15) is 0 Å². The number of nitrogens with two attached hydrogens (primary N) is 1. The number of rotatable bonds is 3. The molecule has 0 bridgehead atoms. The fourth-order valence-corrected chi connectivity index (χ4v) is 2.61. The maximum absolute atomic E-state index is 11.5. The smallest absolute Gasteiger partial charge is 0.238 e. The van der Waals surface area contributed by atoms with E-state index in [2.05, 4.69) is 29.7 Å². The summed E-state index contributed by atoms with van der Waals surface area (Å²) in [5.74, 6) is 5.00. The molecule has 3 nitrogen and oxygen atoms in total. The Morgan fingerprint density at radius 2 is 1.52 bits per heavy atom. The van der Waals surface area contributed by atoms with E-state index in [0.717, 1.165) is 16.3 Å². The van der Waals surface area contributed by atoms with Crippen molar-refractivity contribution in [1.29, 1.82) is 0 Å². The van der Waals surface area contributed by atoms with E-state index in [-0.39, 0.29) is 12.3 Å². The molecule has 0 aliphatic rings. The van der Waals surface area contributed by atoms with Crippen molar-refractivity contribution in [3.05, 3.63) is 72.3 Å². The van der Waals surface area contributed by atoms with Crippen molar-refractivity contribution in [2.45, 2.75) is 6.42 Å². The van der Waals surface area contributed by atoms with Gasteiger partial charge in [0.15, 0.2) is 0 Å². The topological polar surface area (TPSA) is 55.1 Å². The second-order valence-corrected chi connectivity index (χ2v) is 4.93. The molecule has 0 aliphatic heterocycles. The highest BCUT2D eigenvalue weighted by Crippen LogP contribution is 2.30. The Balaban J connectivity index is 2.17. The third kappa shape index (κ3) is 2.64. The Bertz CT molecular complexity index is 782. The van der Waals surface area contributed by atoms with E-state index < -0.39 is 0 Å². The van der Waals surface area contributed by atoms with E-state index in [1.165, 1.54) is 11.1 Å². The van der Waals surface area contributed by atoms with Crippen LogP contribution in [0, 0.1) is 0 Å². The van der Waals surface area contributed by atoms with Crippen LogP contribution in [0.15, 0.2) is 66.7 Å². The van der Waals surface area contributed by atoms with E-state index in [4.69, 9.17) is 5.84 Å². The summed E-state index contributed by atoms with van der Waals surface area (Å²) in [7, 11) is 0. The zero-order valence-corrected chi connectivity index (χ0v) is 11.5. The second-order valence-electron chi connectivity index (χ2n) is 4.93. The maximum Gasteiger partial charge on any atom is 0.238 e. The predicted molar refractivity (Wildman–Crippen MR) is 85.4 cm³/mol. The third-order valence-corrected chi connectivity index (χ3v) is 3.61. The zero-order valence-electron chi connectivity index (χ0n) is 11.5. The quantitative estimate of drug-likeness (QED) is 0.439. The fraction of sp³-hybridized carbons (Fsp3) is 0.0556. The van der Waals surface area contributed by atoms with Crippen LogP contribution < -0.4 is 11.3 Å². The normalized spacial score (nSPS) is 10.5. The van der Waals surface area contributed by atoms with Crippen LogP contribution in [0.25, 0.3) is 21.9 Å². The molecule has 3 N–H and O–H groups in total. The number of carbonyl (C=O) groups excluding carboxylic acids is 1. The molecule has 1 amide bonds. The Hall–Kier alpha value is -2.65. The summed E-state index contributed by atoms with van der Waals surface area (Å²) in [5, 5.41) is 2.23. The Kier molecular flexibility index (Phi) is 3.67. The molecule has 0 heterocycles. The van der Waals surface area contributed by atoms with Crippen molar-refractivity contribution >= 4 is 16.7 Å². The molecule has 3 rings (SSSR count). The highest BCUT2D eigenvalue weighted by molar-refractivity contribution is 6.00. The standard InChI is InChI=1S/C18H16N2O/c19-20-18(21)12-14-10-11-16(13-6-2-1-3-7-13)17-9-5-4-8-15(14)17/h1-11H,12,19H2,(H,20,21). The van der Waals surface area contributed by atoms with Gasteiger partial charge < -0.3 is 0 Å². The van der Waals surface area contributed by atoms with Gasteiger partial charge in [0.25, 0.3) is 0 Å². The number of benzene rings is 3. The molecule has 0 aromatic heterocycles. The van der Waals surface area contributed by atoms with Gasteiger partial charge in [-0.1, -0.05) is 66.7 Å². The summed E-state index contributed by atoms with van der Waals surface area (Å²) in [6.45, 7) is 0. The van der Waals surface area contributed by atoms with Gasteiger partial charge in [0.05, 0.1) is 6.42 Å². The monoisotopic (exact) mass is 276 g/mol. The zero-order chi connectivity index (χ0) is 14.7. The minimum Gasteiger partial charge on any atom is -0.294 e. The first-order valence-electron chi connectivity index (χ1n) is 6.85. The molecule has 3 aromatic carbocycles. The highest BCUT2D eigenvalue weighted by atomic mass is 16.2. The number of fused-ring (bicyclic) bond motifs is 1. The lowest BCUT2D eigenvalue weighted by atomic mass is 9.94. The molecule has 0 atom stereocenters. The van der Waals surface area contributed by atoms with Crippen molar-refractivity contribution < 1.29 is 4.79 Å². The van der Waals surface area contributed by atoms with Gasteiger partial charge in [-0.15, -0.1) is 0 Å². The van der Waals surface area contributed by atoms with Gasteiger partial charge in [-0.25, -0.2) is 5.84 Å². The average molecular weight is 276 g/mol. The summed E-state index contributed by atoms with van der Waals surface area (Å²) >= 11 is 0. The SMILES string of the molecule is NNC(=O)Cc1ccc(-c2ccccc2)c2ccccc12. The molecule has 104 valence electrons. The summed E-state index contributed by atoms with van der Waals surface area (Å²) in [6, 6.07) is 22.4. The minimum atomic E-state index is -0.187. The molecular weight excluding hydrogens is 260 g/mol. The molecule has 3 aromatic rings. The molecule has 21 heavy (non-hydrogen) atoms. The molecular formula is C18H16N2O. The molecule has 0 aliphatic carbocycles. The van der Waals surface area contributed by atoms with Crippen molar-refractivity contribution in [2.75, 3.05) is 0 Å². The van der Waals surface area contributed by atoms with Gasteiger partial charge in [0.1, 0.15) is 0 Å². The summed E-state index contributed by atoms with van der Waals surface area (Å²) in [6.07, 6.45) is 0.284. The number of hydrazine groups is 1. The molecule has 0 radical (unpaired) electrons. The molecule has 3 heteroatoms. The summed E-state index contributed by atoms with van der Waals surface area (Å²) < 4.78 is 0. The van der Waals surface area contributed by atoms with Crippen LogP contribution in [0.1, 0.15) is 5.56 Å². The molecule has 0 spiro atoms. The van der Waals surface area contributed by atoms with Crippen LogP contribution in [0.4, 0.5) is 0 Å². The van der Waals surface area contributed by atoms with Crippen LogP contribution >= 0.6 is 0 Å². The molecule has 0 unspecified atom stereocenters. The lowest BCUT2D eigenvalue weighted by Crippen LogP contribution is -2.31. The van der Waals surface area contributed by atoms with Gasteiger partial charge in [-0.3, -0.25) is 10.2 Å². The first-order valence-corrected chi connectivity index (χ1v) is 6.85. The van der Waals surface area contributed by atoms with Gasteiger partial charge in [0.2, 0.25) is 5.91 Å². The Morgan fingerprint density at radius 3 is 2.24 bits per heavy atom. The summed E-state index contributed by atoms with van der Waals surface area (Å²) in [5.41, 5.74) is 5.50. The fourth-order valence-electron chi connectivity index (χ4n) is 2.61. The highest BCUT2D eigenvalue weighted by Gasteiger charge is 2.09. The van der Waals surface area contributed by atoms with Crippen LogP contribution in [0.3, 0.4) is 0 Å². The van der Waals surface area contributed by atoms with E-state index in [1.807, 2.05) is 42.5 Å². The van der Waals surface area contributed by atoms with Crippen molar-refractivity contribution in [3.8, 4) is 11.1 Å². The van der Waals surface area contributed by atoms with Crippen LogP contribution in [-0.2, 0) is 11.2 Å². The Morgan fingerprint density at radius 1 is 0.857 bits per heavy atom. The third-order valence-electron chi connectivity index (χ3n) is 3.61. The van der Waals surface area contributed by atoms with Crippen LogP contribution in [0.2, 0.25) is 0 Å². The van der Waals surface area contributed by atoms with Crippen molar-refractivity contribution in [2.24, 2.45) is 5.84 Å². The number of hydrogen-bond acceptors (Lipinski definition) is 2. The van der Waals surface area contributed by atoms with Gasteiger partial charge >= 0.3 is 0 Å².